The lowest BCUT2D eigenvalue weighted by Gasteiger charge is -2.39. The number of alkyl halides is 4. The van der Waals surface area contributed by atoms with Gasteiger partial charge in [-0.2, -0.15) is 0 Å². The second-order valence-corrected chi connectivity index (χ2v) is 20.4. The lowest BCUT2D eigenvalue weighted by molar-refractivity contribution is -0.0302. The minimum Gasteiger partial charge on any atom is -0.399 e. The molecule has 1 fully saturated rings. The highest BCUT2D eigenvalue weighted by molar-refractivity contribution is 9.10. The van der Waals surface area contributed by atoms with Crippen molar-refractivity contribution in [1.82, 2.24) is 29.9 Å². The lowest BCUT2D eigenvalue weighted by atomic mass is 9.70. The zero-order chi connectivity index (χ0) is 49.1. The monoisotopic (exact) mass is 972 g/mol. The van der Waals surface area contributed by atoms with E-state index in [0.29, 0.717) is 22.5 Å². The fraction of sp³-hybridized carbons (Fsp3) is 0.400. The number of halogens is 5. The summed E-state index contributed by atoms with van der Waals surface area (Å²) >= 11 is 3.35. The molecule has 66 heavy (non-hydrogen) atoms. The third-order valence-corrected chi connectivity index (χ3v) is 12.5. The fourth-order valence-electron chi connectivity index (χ4n) is 7.14. The van der Waals surface area contributed by atoms with E-state index in [9.17, 15) is 27.8 Å². The molecule has 0 amide bonds. The molecule has 0 radical (unpaired) electrons. The first-order chi connectivity index (χ1) is 30.4. The molecule has 2 N–H and O–H groups in total. The number of aromatic nitrogens is 6. The molecule has 1 aliphatic heterocycles. The molecule has 1 saturated heterocycles. The van der Waals surface area contributed by atoms with Gasteiger partial charge in [0, 0.05) is 94.1 Å². The zero-order valence-electron chi connectivity index (χ0n) is 39.4. The topological polar surface area (TPSA) is 136 Å². The van der Waals surface area contributed by atoms with Crippen molar-refractivity contribution in [2.24, 2.45) is 10.8 Å². The van der Waals surface area contributed by atoms with Crippen molar-refractivity contribution in [1.29, 1.82) is 0 Å². The highest BCUT2D eigenvalue weighted by atomic mass is 79.9. The van der Waals surface area contributed by atoms with E-state index in [1.807, 2.05) is 87.4 Å². The molecule has 6 aromatic rings. The highest BCUT2D eigenvalue weighted by Gasteiger charge is 2.52. The Morgan fingerprint density at radius 3 is 1.18 bits per heavy atom. The summed E-state index contributed by atoms with van der Waals surface area (Å²) in [7, 11) is -0.510. The Kier molecular flexibility index (Phi) is 15.2. The molecule has 0 spiro atoms. The molecule has 16 heteroatoms. The number of nitrogens with zero attached hydrogens (tertiary/aromatic N) is 6. The van der Waals surface area contributed by atoms with E-state index in [1.165, 1.54) is 36.9 Å². The van der Waals surface area contributed by atoms with Gasteiger partial charge in [-0.3, -0.25) is 9.97 Å². The predicted molar refractivity (Wildman–Crippen MR) is 252 cm³/mol. The van der Waals surface area contributed by atoms with Crippen molar-refractivity contribution >= 4 is 28.5 Å². The van der Waals surface area contributed by atoms with Gasteiger partial charge in [-0.1, -0.05) is 96.1 Å². The normalized spacial score (nSPS) is 16.7. The van der Waals surface area contributed by atoms with Crippen LogP contribution in [0.2, 0.25) is 0 Å². The highest BCUT2D eigenvalue weighted by Crippen LogP contribution is 2.45. The molecule has 7 rings (SSSR count). The maximum Gasteiger partial charge on any atom is 0.494 e. The molecular weight excluding hydrogens is 915 g/mol. The third-order valence-electron chi connectivity index (χ3n) is 12.0. The summed E-state index contributed by atoms with van der Waals surface area (Å²) < 4.78 is 65.7. The molecule has 0 saturated carbocycles. The van der Waals surface area contributed by atoms with Gasteiger partial charge in [-0.15, -0.1) is 0 Å². The van der Waals surface area contributed by atoms with Crippen LogP contribution in [0.4, 0.5) is 17.6 Å². The van der Waals surface area contributed by atoms with Crippen LogP contribution in [-0.2, 0) is 32.4 Å². The number of pyridine rings is 2. The maximum absolute atomic E-state index is 13.4. The lowest BCUT2D eigenvalue weighted by Crippen LogP contribution is -2.42. The van der Waals surface area contributed by atoms with Gasteiger partial charge in [-0.25, -0.2) is 37.5 Å². The Bertz CT molecular complexity index is 2480. The summed E-state index contributed by atoms with van der Waals surface area (Å²) in [5.41, 5.74) is 0.00408. The molecule has 2 aromatic carbocycles. The average Bonchev–Trinajstić information content (AvgIpc) is 3.48. The largest absolute Gasteiger partial charge is 0.494 e. The number of rotatable bonds is 8. The molecule has 4 aromatic heterocycles. The van der Waals surface area contributed by atoms with E-state index in [-0.39, 0.29) is 11.1 Å². The van der Waals surface area contributed by atoms with Crippen LogP contribution in [-0.4, -0.2) is 58.4 Å². The van der Waals surface area contributed by atoms with Crippen LogP contribution in [0.15, 0.2) is 127 Å². The van der Waals surface area contributed by atoms with Crippen molar-refractivity contribution in [2.45, 2.75) is 117 Å². The summed E-state index contributed by atoms with van der Waals surface area (Å²) in [5.74, 6) is -5.70. The van der Waals surface area contributed by atoms with Crippen LogP contribution in [0, 0.1) is 10.8 Å². The van der Waals surface area contributed by atoms with Crippen molar-refractivity contribution < 1.29 is 37.1 Å². The van der Waals surface area contributed by atoms with Gasteiger partial charge in [0.25, 0.3) is 11.8 Å². The third kappa shape index (κ3) is 11.4. The second-order valence-electron chi connectivity index (χ2n) is 19.5. The van der Waals surface area contributed by atoms with Gasteiger partial charge in [0.1, 0.15) is 23.9 Å². The van der Waals surface area contributed by atoms with Crippen LogP contribution < -0.4 is 5.46 Å². The molecule has 350 valence electrons. The first-order valence-corrected chi connectivity index (χ1v) is 22.1. The quantitative estimate of drug-likeness (QED) is 0.112. The molecule has 5 heterocycles. The van der Waals surface area contributed by atoms with Crippen molar-refractivity contribution in [3.8, 4) is 11.1 Å². The van der Waals surface area contributed by atoms with Gasteiger partial charge in [0.15, 0.2) is 0 Å². The minimum absolute atomic E-state index is 0.00670. The van der Waals surface area contributed by atoms with Crippen LogP contribution in [0.25, 0.3) is 11.1 Å². The summed E-state index contributed by atoms with van der Waals surface area (Å²) in [6.07, 6.45) is 12.6. The molecule has 1 aliphatic rings. The second kappa shape index (κ2) is 19.3. The Balaban J connectivity index is 0.000000191. The van der Waals surface area contributed by atoms with E-state index >= 15 is 0 Å². The minimum atomic E-state index is -2.87. The summed E-state index contributed by atoms with van der Waals surface area (Å²) in [5, 5.41) is 22.8. The fourth-order valence-corrected chi connectivity index (χ4v) is 7.37. The Labute approximate surface area is 394 Å². The van der Waals surface area contributed by atoms with Crippen LogP contribution in [0.1, 0.15) is 117 Å². The number of hydrogen-bond acceptors (Lipinski definition) is 10. The average molecular weight is 974 g/mol. The smallest absolute Gasteiger partial charge is 0.399 e. The van der Waals surface area contributed by atoms with Gasteiger partial charge in [0.2, 0.25) is 0 Å². The van der Waals surface area contributed by atoms with Gasteiger partial charge in [0.05, 0.1) is 22.6 Å². The molecule has 0 bridgehead atoms. The van der Waals surface area contributed by atoms with Crippen LogP contribution in [0.3, 0.4) is 0 Å². The van der Waals surface area contributed by atoms with E-state index < -0.39 is 52.2 Å². The maximum atomic E-state index is 13.4. The van der Waals surface area contributed by atoms with E-state index in [0.717, 1.165) is 34.9 Å². The standard InChI is InChI=1S/C22H23F2N3O.C14H19BF2O2.C14H16BrN3O/c1-20(2,3)22(28,18-12-25-14-26-13-18)19-10-7-16(11-27-19)15-5-8-17(9-6-15)21(4,23)24;1-12(2)13(3,4)19-15(18-12)11-8-6-10(7-9-11)14(5,16)17;1-13(2,3)14(19,10-6-16-9-17-7-10)12-5-4-11(15)8-18-12/h5-14,28H,1-4H3;6-9H,1-5H3;4-9,19H,1-3H3. The van der Waals surface area contributed by atoms with Gasteiger partial charge < -0.3 is 19.5 Å². The van der Waals surface area contributed by atoms with Crippen LogP contribution >= 0.6 is 15.9 Å². The van der Waals surface area contributed by atoms with Gasteiger partial charge >= 0.3 is 7.12 Å². The van der Waals surface area contributed by atoms with Crippen molar-refractivity contribution in [3.05, 3.63) is 161 Å². The molecule has 2 unspecified atom stereocenters. The first kappa shape index (κ1) is 52.0. The SMILES string of the molecule is CC(C)(C)C(O)(c1cncnc1)c1ccc(Br)cn1.CC(F)(F)c1ccc(-c2ccc(C(O)(c3cncnc3)C(C)(C)C)nc2)cc1.CC(F)(F)c1ccc(B2OC(C)(C)C(C)(C)O2)cc1. The summed E-state index contributed by atoms with van der Waals surface area (Å²) in [4.78, 5) is 24.9. The Hall–Kier alpha value is -5.00. The van der Waals surface area contributed by atoms with Gasteiger partial charge in [-0.05, 0) is 72.9 Å². The molecule has 2 atom stereocenters. The molecule has 0 aliphatic carbocycles. The Morgan fingerprint density at radius 1 is 0.485 bits per heavy atom. The summed E-state index contributed by atoms with van der Waals surface area (Å²) in [6, 6.07) is 19.5. The van der Waals surface area contributed by atoms with Crippen LogP contribution in [0.5, 0.6) is 0 Å². The van der Waals surface area contributed by atoms with Crippen molar-refractivity contribution in [2.75, 3.05) is 0 Å². The number of benzene rings is 2. The molecule has 10 nitrogen and oxygen atoms in total. The van der Waals surface area contributed by atoms with Crippen molar-refractivity contribution in [3.63, 3.8) is 0 Å². The Morgan fingerprint density at radius 2 is 0.848 bits per heavy atom. The predicted octanol–water partition coefficient (Wildman–Crippen LogP) is 10.9. The summed E-state index contributed by atoms with van der Waals surface area (Å²) in [6.45, 7) is 21.2. The molecular formula is C50H58BBrF4N6O4. The first-order valence-electron chi connectivity index (χ1n) is 21.3. The van der Waals surface area contributed by atoms with E-state index in [2.05, 4.69) is 45.8 Å². The zero-order valence-corrected chi connectivity index (χ0v) is 41.0. The van der Waals surface area contributed by atoms with E-state index in [1.54, 1.807) is 67.5 Å². The number of aliphatic hydroxyl groups is 2. The number of hydrogen-bond donors (Lipinski definition) is 2. The van der Waals surface area contributed by atoms with E-state index in [4.69, 9.17) is 9.31 Å².